The molecule has 1 fully saturated rings. The Bertz CT molecular complexity index is 193. The third kappa shape index (κ3) is 5.74. The van der Waals surface area contributed by atoms with E-state index in [0.29, 0.717) is 13.2 Å². The summed E-state index contributed by atoms with van der Waals surface area (Å²) in [6.07, 6.45) is 3.52. The Morgan fingerprint density at radius 3 is 2.80 bits per heavy atom. The van der Waals surface area contributed by atoms with Gasteiger partial charge in [-0.2, -0.15) is 0 Å². The first-order valence-electron chi connectivity index (χ1n) is 5.75. The number of ether oxygens (including phenoxy) is 1. The van der Waals surface area contributed by atoms with Crippen LogP contribution in [0.5, 0.6) is 0 Å². The third-order valence-electron chi connectivity index (χ3n) is 2.70. The Morgan fingerprint density at radius 1 is 1.53 bits per heavy atom. The van der Waals surface area contributed by atoms with Gasteiger partial charge < -0.3 is 15.4 Å². The molecule has 0 aliphatic heterocycles. The van der Waals surface area contributed by atoms with E-state index in [9.17, 15) is 4.79 Å². The summed E-state index contributed by atoms with van der Waals surface area (Å²) < 4.78 is 5.04. The van der Waals surface area contributed by atoms with Crippen LogP contribution in [0.15, 0.2) is 0 Å². The Kier molecular flexibility index (Phi) is 5.65. The monoisotopic (exact) mass is 214 g/mol. The summed E-state index contributed by atoms with van der Waals surface area (Å²) in [4.78, 5) is 11.4. The molecule has 15 heavy (non-hydrogen) atoms. The van der Waals surface area contributed by atoms with Crippen LogP contribution in [0, 0.1) is 5.92 Å². The number of hydrogen-bond acceptors (Lipinski definition) is 3. The molecule has 1 atom stereocenters. The van der Waals surface area contributed by atoms with Crippen molar-refractivity contribution >= 4 is 5.91 Å². The van der Waals surface area contributed by atoms with Crippen molar-refractivity contribution in [1.29, 1.82) is 0 Å². The van der Waals surface area contributed by atoms with Crippen molar-refractivity contribution < 1.29 is 9.53 Å². The minimum Gasteiger partial charge on any atom is -0.383 e. The lowest BCUT2D eigenvalue weighted by Crippen LogP contribution is -2.41. The van der Waals surface area contributed by atoms with Crippen LogP contribution in [-0.2, 0) is 9.53 Å². The molecule has 88 valence electrons. The molecule has 0 heterocycles. The molecule has 1 aliphatic carbocycles. The molecule has 0 saturated heterocycles. The lowest BCUT2D eigenvalue weighted by atomic mass is 10.2. The summed E-state index contributed by atoms with van der Waals surface area (Å²) in [5.74, 6) is 0.839. The van der Waals surface area contributed by atoms with Crippen molar-refractivity contribution in [3.8, 4) is 0 Å². The van der Waals surface area contributed by atoms with Crippen molar-refractivity contribution in [3.63, 3.8) is 0 Å². The molecule has 1 saturated carbocycles. The molecule has 0 aromatic rings. The van der Waals surface area contributed by atoms with Gasteiger partial charge in [-0.25, -0.2) is 0 Å². The lowest BCUT2D eigenvalue weighted by Gasteiger charge is -2.15. The van der Waals surface area contributed by atoms with Crippen molar-refractivity contribution in [3.05, 3.63) is 0 Å². The van der Waals surface area contributed by atoms with Crippen LogP contribution in [0.25, 0.3) is 0 Å². The van der Waals surface area contributed by atoms with Gasteiger partial charge >= 0.3 is 0 Å². The fourth-order valence-corrected chi connectivity index (χ4v) is 1.40. The van der Waals surface area contributed by atoms with E-state index < -0.39 is 0 Å². The third-order valence-corrected chi connectivity index (χ3v) is 2.70. The normalized spacial score (nSPS) is 17.5. The van der Waals surface area contributed by atoms with Gasteiger partial charge in [-0.05, 0) is 25.2 Å². The van der Waals surface area contributed by atoms with Crippen LogP contribution in [0.3, 0.4) is 0 Å². The van der Waals surface area contributed by atoms with E-state index in [0.717, 1.165) is 18.9 Å². The van der Waals surface area contributed by atoms with Crippen molar-refractivity contribution in [2.45, 2.75) is 32.2 Å². The number of nitrogens with one attached hydrogen (secondary N) is 2. The first-order chi connectivity index (χ1) is 7.26. The molecule has 2 N–H and O–H groups in total. The Labute approximate surface area is 91.8 Å². The second kappa shape index (κ2) is 6.80. The number of rotatable bonds is 8. The van der Waals surface area contributed by atoms with Gasteiger partial charge in [-0.3, -0.25) is 4.79 Å². The molecule has 4 nitrogen and oxygen atoms in total. The molecular weight excluding hydrogens is 192 g/mol. The van der Waals surface area contributed by atoms with Gasteiger partial charge in [0.2, 0.25) is 5.91 Å². The number of hydrogen-bond donors (Lipinski definition) is 2. The molecule has 1 aliphatic rings. The van der Waals surface area contributed by atoms with Crippen molar-refractivity contribution in [1.82, 2.24) is 10.6 Å². The summed E-state index contributed by atoms with van der Waals surface area (Å²) in [5.41, 5.74) is 0. The fourth-order valence-electron chi connectivity index (χ4n) is 1.40. The van der Waals surface area contributed by atoms with Crippen molar-refractivity contribution in [2.75, 3.05) is 26.8 Å². The van der Waals surface area contributed by atoms with Gasteiger partial charge in [0, 0.05) is 19.7 Å². The first kappa shape index (κ1) is 12.5. The zero-order valence-corrected chi connectivity index (χ0v) is 9.71. The molecule has 1 amide bonds. The second-order valence-corrected chi connectivity index (χ2v) is 4.19. The Hall–Kier alpha value is -0.610. The molecule has 0 radical (unpaired) electrons. The zero-order valence-electron chi connectivity index (χ0n) is 9.71. The molecule has 4 heteroatoms. The average molecular weight is 214 g/mol. The largest absolute Gasteiger partial charge is 0.383 e. The summed E-state index contributed by atoms with van der Waals surface area (Å²) in [6, 6.07) is 0.279. The van der Waals surface area contributed by atoms with E-state index in [1.165, 1.54) is 12.8 Å². The maximum absolute atomic E-state index is 11.4. The van der Waals surface area contributed by atoms with E-state index in [1.807, 2.05) is 0 Å². The molecule has 1 unspecified atom stereocenters. The van der Waals surface area contributed by atoms with E-state index in [2.05, 4.69) is 17.6 Å². The fraction of sp³-hybridized carbons (Fsp3) is 0.909. The summed E-state index contributed by atoms with van der Waals surface area (Å²) in [6.45, 7) is 3.99. The standard InChI is InChI=1S/C11H22N2O2/c1-3-10(8-15-2)12-7-11(14)13-6-9-4-5-9/h9-10,12H,3-8H2,1-2H3,(H,13,14). The smallest absolute Gasteiger partial charge is 0.233 e. The van der Waals surface area contributed by atoms with Crippen LogP contribution in [0.4, 0.5) is 0 Å². The number of methoxy groups -OCH3 is 1. The SMILES string of the molecule is CCC(COC)NCC(=O)NCC1CC1. The number of carbonyl (C=O) groups excluding carboxylic acids is 1. The summed E-state index contributed by atoms with van der Waals surface area (Å²) in [7, 11) is 1.68. The first-order valence-corrected chi connectivity index (χ1v) is 5.75. The van der Waals surface area contributed by atoms with Gasteiger partial charge in [0.25, 0.3) is 0 Å². The number of carbonyl (C=O) groups is 1. The molecule has 0 aromatic heterocycles. The van der Waals surface area contributed by atoms with Gasteiger partial charge in [0.1, 0.15) is 0 Å². The van der Waals surface area contributed by atoms with Crippen LogP contribution < -0.4 is 10.6 Å². The Morgan fingerprint density at radius 2 is 2.27 bits per heavy atom. The van der Waals surface area contributed by atoms with Gasteiger partial charge in [0.05, 0.1) is 13.2 Å². The summed E-state index contributed by atoms with van der Waals surface area (Å²) >= 11 is 0. The maximum atomic E-state index is 11.4. The minimum atomic E-state index is 0.0939. The molecule has 1 rings (SSSR count). The van der Waals surface area contributed by atoms with E-state index in [4.69, 9.17) is 4.74 Å². The van der Waals surface area contributed by atoms with Crippen LogP contribution >= 0.6 is 0 Å². The topological polar surface area (TPSA) is 50.4 Å². The van der Waals surface area contributed by atoms with Crippen LogP contribution in [0.1, 0.15) is 26.2 Å². The Balaban J connectivity index is 2.02. The quantitative estimate of drug-likeness (QED) is 0.619. The molecule has 0 bridgehead atoms. The predicted molar refractivity (Wildman–Crippen MR) is 59.7 cm³/mol. The predicted octanol–water partition coefficient (Wildman–Crippen LogP) is 0.527. The van der Waals surface area contributed by atoms with E-state index in [-0.39, 0.29) is 11.9 Å². The average Bonchev–Trinajstić information content (AvgIpc) is 3.05. The second-order valence-electron chi connectivity index (χ2n) is 4.19. The zero-order chi connectivity index (χ0) is 11.1. The minimum absolute atomic E-state index is 0.0939. The van der Waals surface area contributed by atoms with E-state index in [1.54, 1.807) is 7.11 Å². The summed E-state index contributed by atoms with van der Waals surface area (Å²) in [5, 5.41) is 6.10. The number of amides is 1. The van der Waals surface area contributed by atoms with Gasteiger partial charge in [0.15, 0.2) is 0 Å². The molecular formula is C11H22N2O2. The molecule has 0 spiro atoms. The maximum Gasteiger partial charge on any atom is 0.233 e. The van der Waals surface area contributed by atoms with E-state index >= 15 is 0 Å². The van der Waals surface area contributed by atoms with Gasteiger partial charge in [-0.1, -0.05) is 6.92 Å². The highest BCUT2D eigenvalue weighted by Gasteiger charge is 2.21. The lowest BCUT2D eigenvalue weighted by molar-refractivity contribution is -0.120. The highest BCUT2D eigenvalue weighted by atomic mass is 16.5. The molecule has 0 aromatic carbocycles. The highest BCUT2D eigenvalue weighted by molar-refractivity contribution is 5.78. The van der Waals surface area contributed by atoms with Crippen LogP contribution in [-0.4, -0.2) is 38.8 Å². The van der Waals surface area contributed by atoms with Gasteiger partial charge in [-0.15, -0.1) is 0 Å². The van der Waals surface area contributed by atoms with Crippen molar-refractivity contribution in [2.24, 2.45) is 5.92 Å². The highest BCUT2D eigenvalue weighted by Crippen LogP contribution is 2.27. The van der Waals surface area contributed by atoms with Crippen LogP contribution in [0.2, 0.25) is 0 Å².